The van der Waals surface area contributed by atoms with E-state index in [0.29, 0.717) is 0 Å². The molecular weight excluding hydrogens is 204 g/mol. The van der Waals surface area contributed by atoms with Crippen molar-refractivity contribution in [2.45, 2.75) is 92.4 Å². The number of unbranched alkanes of at least 4 members (excludes halogenated alkanes) is 1. The molecule has 0 rings (SSSR count). The van der Waals surface area contributed by atoms with E-state index >= 15 is 0 Å². The molecule has 0 fully saturated rings. The van der Waals surface area contributed by atoms with Crippen LogP contribution in [0.1, 0.15) is 92.4 Å². The lowest BCUT2D eigenvalue weighted by molar-refractivity contribution is 0.289. The molecule has 0 amide bonds. The molecule has 0 aliphatic rings. The molecule has 0 spiro atoms. The first kappa shape index (κ1) is 17.0. The average Bonchev–Trinajstić information content (AvgIpc) is 2.32. The fourth-order valence-corrected chi connectivity index (χ4v) is 3.01. The second-order valence-corrected chi connectivity index (χ2v) is 6.11. The van der Waals surface area contributed by atoms with Crippen LogP contribution in [-0.2, 0) is 0 Å². The highest BCUT2D eigenvalue weighted by molar-refractivity contribution is 4.66. The van der Waals surface area contributed by atoms with Crippen molar-refractivity contribution >= 4 is 0 Å². The largest absolute Gasteiger partial charge is 0.0654 e. The van der Waals surface area contributed by atoms with E-state index in [1.807, 2.05) is 0 Å². The van der Waals surface area contributed by atoms with Gasteiger partial charge >= 0.3 is 0 Å². The minimum Gasteiger partial charge on any atom is -0.0654 e. The molecular formula is C17H36. The molecule has 0 heteroatoms. The Morgan fingerprint density at radius 1 is 0.706 bits per heavy atom. The van der Waals surface area contributed by atoms with Gasteiger partial charge in [0.05, 0.1) is 0 Å². The van der Waals surface area contributed by atoms with Gasteiger partial charge in [-0.05, 0) is 17.8 Å². The van der Waals surface area contributed by atoms with Crippen LogP contribution in [-0.4, -0.2) is 0 Å². The third-order valence-electron chi connectivity index (χ3n) is 4.40. The summed E-state index contributed by atoms with van der Waals surface area (Å²) in [4.78, 5) is 0. The van der Waals surface area contributed by atoms with Gasteiger partial charge in [-0.1, -0.05) is 92.4 Å². The van der Waals surface area contributed by atoms with Crippen LogP contribution in [0.15, 0.2) is 0 Å². The topological polar surface area (TPSA) is 0 Å². The van der Waals surface area contributed by atoms with E-state index in [9.17, 15) is 0 Å². The number of hydrogen-bond donors (Lipinski definition) is 0. The maximum Gasteiger partial charge on any atom is -0.0391 e. The van der Waals surface area contributed by atoms with Crippen LogP contribution in [0.25, 0.3) is 0 Å². The van der Waals surface area contributed by atoms with E-state index < -0.39 is 0 Å². The molecule has 0 heterocycles. The first-order valence-corrected chi connectivity index (χ1v) is 8.15. The van der Waals surface area contributed by atoms with Gasteiger partial charge in [-0.25, -0.2) is 0 Å². The molecule has 0 aliphatic carbocycles. The minimum atomic E-state index is 0.941. The van der Waals surface area contributed by atoms with Crippen LogP contribution in [0.3, 0.4) is 0 Å². The molecule has 0 bridgehead atoms. The number of hydrogen-bond acceptors (Lipinski definition) is 0. The van der Waals surface area contributed by atoms with Crippen molar-refractivity contribution in [3.63, 3.8) is 0 Å². The first-order valence-electron chi connectivity index (χ1n) is 8.15. The Kier molecular flexibility index (Phi) is 11.1. The van der Waals surface area contributed by atoms with Crippen molar-refractivity contribution in [3.8, 4) is 0 Å². The summed E-state index contributed by atoms with van der Waals surface area (Å²) in [7, 11) is 0. The molecule has 104 valence electrons. The minimum absolute atomic E-state index is 0.941. The second kappa shape index (κ2) is 11.1. The summed E-state index contributed by atoms with van der Waals surface area (Å²) in [5.74, 6) is 2.87. The smallest absolute Gasteiger partial charge is 0.0391 e. The Hall–Kier alpha value is 0. The Morgan fingerprint density at radius 3 is 1.88 bits per heavy atom. The molecule has 17 heavy (non-hydrogen) atoms. The van der Waals surface area contributed by atoms with Crippen molar-refractivity contribution in [1.29, 1.82) is 0 Å². The van der Waals surface area contributed by atoms with Crippen LogP contribution < -0.4 is 0 Å². The summed E-state index contributed by atoms with van der Waals surface area (Å²) in [6.45, 7) is 11.9. The lowest BCUT2D eigenvalue weighted by Gasteiger charge is -2.23. The van der Waals surface area contributed by atoms with E-state index in [1.54, 1.807) is 0 Å². The van der Waals surface area contributed by atoms with Crippen LogP contribution in [0.4, 0.5) is 0 Å². The Balaban J connectivity index is 3.68. The van der Waals surface area contributed by atoms with Gasteiger partial charge in [0.15, 0.2) is 0 Å². The van der Waals surface area contributed by atoms with Crippen molar-refractivity contribution < 1.29 is 0 Å². The highest BCUT2D eigenvalue weighted by Crippen LogP contribution is 2.27. The van der Waals surface area contributed by atoms with Gasteiger partial charge in [0.1, 0.15) is 0 Å². The third-order valence-corrected chi connectivity index (χ3v) is 4.40. The number of rotatable bonds is 11. The van der Waals surface area contributed by atoms with Gasteiger partial charge < -0.3 is 0 Å². The van der Waals surface area contributed by atoms with Crippen LogP contribution in [0, 0.1) is 17.8 Å². The molecule has 0 aromatic carbocycles. The van der Waals surface area contributed by atoms with E-state index in [1.165, 1.54) is 57.8 Å². The maximum atomic E-state index is 2.46. The second-order valence-electron chi connectivity index (χ2n) is 6.11. The summed E-state index contributed by atoms with van der Waals surface area (Å²) >= 11 is 0. The molecule has 0 N–H and O–H groups in total. The molecule has 0 nitrogen and oxygen atoms in total. The van der Waals surface area contributed by atoms with Crippen LogP contribution in [0.2, 0.25) is 0 Å². The molecule has 3 unspecified atom stereocenters. The van der Waals surface area contributed by atoms with Crippen LogP contribution >= 0.6 is 0 Å². The standard InChI is InChI=1S/C17H36/c1-6-9-12-15(4)13-10-14-17(8-3)16(5)11-7-2/h15-17H,6-14H2,1-5H3. The molecule has 0 radical (unpaired) electrons. The van der Waals surface area contributed by atoms with Crippen molar-refractivity contribution in [3.05, 3.63) is 0 Å². The predicted octanol–water partition coefficient (Wildman–Crippen LogP) is 6.45. The normalized spacial score (nSPS) is 16.8. The maximum absolute atomic E-state index is 2.46. The van der Waals surface area contributed by atoms with Gasteiger partial charge in [-0.3, -0.25) is 0 Å². The predicted molar refractivity (Wildman–Crippen MR) is 80.4 cm³/mol. The van der Waals surface area contributed by atoms with Gasteiger partial charge in [-0.2, -0.15) is 0 Å². The molecule has 0 saturated heterocycles. The fourth-order valence-electron chi connectivity index (χ4n) is 3.01. The summed E-state index contributed by atoms with van der Waals surface area (Å²) < 4.78 is 0. The highest BCUT2D eigenvalue weighted by Gasteiger charge is 2.14. The summed E-state index contributed by atoms with van der Waals surface area (Å²) in [6, 6.07) is 0. The molecule has 0 aliphatic heterocycles. The summed E-state index contributed by atoms with van der Waals surface area (Å²) in [5.41, 5.74) is 0. The van der Waals surface area contributed by atoms with Crippen molar-refractivity contribution in [2.75, 3.05) is 0 Å². The first-order chi connectivity index (χ1) is 8.15. The lowest BCUT2D eigenvalue weighted by Crippen LogP contribution is -2.11. The SMILES string of the molecule is CCCCC(C)CCCC(CC)C(C)CCC. The Bertz CT molecular complexity index is 150. The molecule has 0 saturated carbocycles. The highest BCUT2D eigenvalue weighted by atomic mass is 14.2. The molecule has 0 aromatic heterocycles. The molecule has 3 atom stereocenters. The van der Waals surface area contributed by atoms with Crippen LogP contribution in [0.5, 0.6) is 0 Å². The van der Waals surface area contributed by atoms with E-state index in [4.69, 9.17) is 0 Å². The van der Waals surface area contributed by atoms with Gasteiger partial charge in [0, 0.05) is 0 Å². The summed E-state index contributed by atoms with van der Waals surface area (Å²) in [5, 5.41) is 0. The van der Waals surface area contributed by atoms with Gasteiger partial charge in [0.25, 0.3) is 0 Å². The zero-order chi connectivity index (χ0) is 13.1. The third kappa shape index (κ3) is 8.69. The van der Waals surface area contributed by atoms with Gasteiger partial charge in [0.2, 0.25) is 0 Å². The van der Waals surface area contributed by atoms with E-state index in [-0.39, 0.29) is 0 Å². The zero-order valence-corrected chi connectivity index (χ0v) is 13.1. The summed E-state index contributed by atoms with van der Waals surface area (Å²) in [6.07, 6.45) is 12.7. The Labute approximate surface area is 111 Å². The van der Waals surface area contributed by atoms with E-state index in [2.05, 4.69) is 34.6 Å². The monoisotopic (exact) mass is 240 g/mol. The lowest BCUT2D eigenvalue weighted by atomic mass is 9.83. The Morgan fingerprint density at radius 2 is 1.35 bits per heavy atom. The van der Waals surface area contributed by atoms with Crippen molar-refractivity contribution in [1.82, 2.24) is 0 Å². The fraction of sp³-hybridized carbons (Fsp3) is 1.00. The molecule has 0 aromatic rings. The van der Waals surface area contributed by atoms with E-state index in [0.717, 1.165) is 17.8 Å². The quantitative estimate of drug-likeness (QED) is 0.389. The van der Waals surface area contributed by atoms with Crippen molar-refractivity contribution in [2.24, 2.45) is 17.8 Å². The van der Waals surface area contributed by atoms with Gasteiger partial charge in [-0.15, -0.1) is 0 Å². The zero-order valence-electron chi connectivity index (χ0n) is 13.1. The average molecular weight is 240 g/mol.